The lowest BCUT2D eigenvalue weighted by Gasteiger charge is -2.33. The number of hydrogen-bond acceptors (Lipinski definition) is 2. The van der Waals surface area contributed by atoms with Crippen LogP contribution in [0.4, 0.5) is 13.6 Å². The van der Waals surface area contributed by atoms with Crippen LogP contribution in [0.15, 0.2) is 24.3 Å². The van der Waals surface area contributed by atoms with Gasteiger partial charge in [0.2, 0.25) is 0 Å². The molecule has 1 spiro atoms. The summed E-state index contributed by atoms with van der Waals surface area (Å²) in [5, 5.41) is 2.71. The predicted octanol–water partition coefficient (Wildman–Crippen LogP) is 2.82. The Balaban J connectivity index is 1.68. The molecule has 2 fully saturated rings. The lowest BCUT2D eigenvalue weighted by atomic mass is 9.76. The first-order chi connectivity index (χ1) is 10.9. The number of imide groups is 1. The van der Waals surface area contributed by atoms with Gasteiger partial charge in [0.05, 0.1) is 6.54 Å². The Kier molecular flexibility index (Phi) is 3.02. The molecule has 1 N–H and O–H groups in total. The lowest BCUT2D eigenvalue weighted by Crippen LogP contribution is -2.47. The van der Waals surface area contributed by atoms with Crippen molar-refractivity contribution in [1.29, 1.82) is 0 Å². The first kappa shape index (κ1) is 14.6. The average molecular weight is 320 g/mol. The van der Waals surface area contributed by atoms with Gasteiger partial charge in [0.25, 0.3) is 11.8 Å². The third-order valence-electron chi connectivity index (χ3n) is 5.19. The molecule has 23 heavy (non-hydrogen) atoms. The van der Waals surface area contributed by atoms with Crippen molar-refractivity contribution in [2.24, 2.45) is 5.92 Å². The van der Waals surface area contributed by atoms with Crippen LogP contribution in [0.2, 0.25) is 0 Å². The molecule has 1 aromatic rings. The Morgan fingerprint density at radius 1 is 1.26 bits per heavy atom. The van der Waals surface area contributed by atoms with Crippen molar-refractivity contribution in [3.05, 3.63) is 35.4 Å². The third kappa shape index (κ3) is 2.15. The van der Waals surface area contributed by atoms with Crippen LogP contribution in [-0.2, 0) is 16.8 Å². The highest BCUT2D eigenvalue weighted by Gasteiger charge is 2.57. The smallest absolute Gasteiger partial charge is 0.319 e. The Morgan fingerprint density at radius 2 is 2.00 bits per heavy atom. The highest BCUT2D eigenvalue weighted by molar-refractivity contribution is 6.07. The number of carbonyl (C=O) groups excluding carboxylic acids is 2. The van der Waals surface area contributed by atoms with Crippen LogP contribution in [0, 0.1) is 5.92 Å². The van der Waals surface area contributed by atoms with Crippen molar-refractivity contribution >= 4 is 11.9 Å². The van der Waals surface area contributed by atoms with Crippen LogP contribution in [0.3, 0.4) is 0 Å². The van der Waals surface area contributed by atoms with E-state index in [4.69, 9.17) is 0 Å². The molecule has 1 saturated carbocycles. The third-order valence-corrected chi connectivity index (χ3v) is 5.19. The van der Waals surface area contributed by atoms with Crippen LogP contribution >= 0.6 is 0 Å². The predicted molar refractivity (Wildman–Crippen MR) is 79.0 cm³/mol. The number of fused-ring (bicyclic) bond motifs is 2. The maximum Gasteiger partial charge on any atom is 0.325 e. The van der Waals surface area contributed by atoms with Gasteiger partial charge in [-0.25, -0.2) is 13.6 Å². The van der Waals surface area contributed by atoms with Gasteiger partial charge in [-0.05, 0) is 43.2 Å². The lowest BCUT2D eigenvalue weighted by molar-refractivity contribution is -0.136. The molecule has 1 atom stereocenters. The zero-order valence-electron chi connectivity index (χ0n) is 12.6. The number of nitrogens with zero attached hydrogens (tertiary/aromatic N) is 1. The van der Waals surface area contributed by atoms with Crippen LogP contribution < -0.4 is 5.32 Å². The number of benzene rings is 1. The average Bonchev–Trinajstić information content (AvgIpc) is 3.34. The van der Waals surface area contributed by atoms with Crippen molar-refractivity contribution in [3.63, 3.8) is 0 Å². The van der Waals surface area contributed by atoms with E-state index in [9.17, 15) is 18.4 Å². The number of amides is 3. The van der Waals surface area contributed by atoms with E-state index in [1.54, 1.807) is 0 Å². The monoisotopic (exact) mass is 320 g/mol. The summed E-state index contributed by atoms with van der Waals surface area (Å²) in [5.41, 5.74) is 0.594. The number of nitrogens with one attached hydrogen (secondary N) is 1. The number of rotatable bonds is 3. The first-order valence-electron chi connectivity index (χ1n) is 8.04. The molecule has 1 aliphatic heterocycles. The molecule has 1 aromatic carbocycles. The molecular formula is C17H18F2N2O2. The largest absolute Gasteiger partial charge is 0.325 e. The van der Waals surface area contributed by atoms with Crippen LogP contribution in [-0.4, -0.2) is 29.3 Å². The quantitative estimate of drug-likeness (QED) is 0.871. The van der Waals surface area contributed by atoms with Crippen molar-refractivity contribution < 1.29 is 18.4 Å². The van der Waals surface area contributed by atoms with Gasteiger partial charge < -0.3 is 5.32 Å². The fourth-order valence-electron chi connectivity index (χ4n) is 3.80. The molecule has 4 nitrogen and oxygen atoms in total. The highest BCUT2D eigenvalue weighted by Crippen LogP contribution is 2.45. The Morgan fingerprint density at radius 3 is 2.74 bits per heavy atom. The van der Waals surface area contributed by atoms with Gasteiger partial charge in [0, 0.05) is 5.92 Å². The number of hydrogen-bond donors (Lipinski definition) is 1. The first-order valence-corrected chi connectivity index (χ1v) is 8.04. The molecule has 3 amide bonds. The minimum atomic E-state index is -2.99. The Labute approximate surface area is 132 Å². The summed E-state index contributed by atoms with van der Waals surface area (Å²) in [5.74, 6) is -4.22. The van der Waals surface area contributed by atoms with E-state index in [-0.39, 0.29) is 0 Å². The maximum absolute atomic E-state index is 14.1. The summed E-state index contributed by atoms with van der Waals surface area (Å²) in [7, 11) is 0. The number of carbonyl (C=O) groups is 2. The van der Waals surface area contributed by atoms with E-state index >= 15 is 0 Å². The van der Waals surface area contributed by atoms with E-state index < -0.39 is 35.9 Å². The van der Waals surface area contributed by atoms with Gasteiger partial charge in [0.1, 0.15) is 5.54 Å². The molecule has 0 bridgehead atoms. The normalized spacial score (nSPS) is 27.3. The van der Waals surface area contributed by atoms with Crippen LogP contribution in [0.5, 0.6) is 0 Å². The fraction of sp³-hybridized carbons (Fsp3) is 0.529. The van der Waals surface area contributed by atoms with Crippen molar-refractivity contribution in [2.45, 2.75) is 43.6 Å². The summed E-state index contributed by atoms with van der Waals surface area (Å²) in [6, 6.07) is 6.74. The molecule has 4 rings (SSSR count). The standard InChI is InChI=1S/C17H18F2N2O2/c18-17(19,12-7-8-12)10-21-14(22)16(20-15(21)23)9-3-5-11-4-1-2-6-13(11)16/h1-2,4,6,12H,3,5,7-10H2,(H,20,23). The summed E-state index contributed by atoms with van der Waals surface area (Å²) in [6.45, 7) is -0.813. The van der Waals surface area contributed by atoms with E-state index in [0.717, 1.165) is 28.9 Å². The molecule has 122 valence electrons. The molecule has 6 heteroatoms. The van der Waals surface area contributed by atoms with Gasteiger partial charge in [-0.2, -0.15) is 0 Å². The molecular weight excluding hydrogens is 302 g/mol. The molecule has 0 aromatic heterocycles. The number of halogens is 2. The topological polar surface area (TPSA) is 49.4 Å². The van der Waals surface area contributed by atoms with E-state index in [1.807, 2.05) is 24.3 Å². The van der Waals surface area contributed by atoms with E-state index in [1.165, 1.54) is 0 Å². The van der Waals surface area contributed by atoms with E-state index in [0.29, 0.717) is 19.3 Å². The van der Waals surface area contributed by atoms with Gasteiger partial charge in [-0.15, -0.1) is 0 Å². The second-order valence-corrected chi connectivity index (χ2v) is 6.77. The second kappa shape index (κ2) is 4.76. The van der Waals surface area contributed by atoms with E-state index in [2.05, 4.69) is 5.32 Å². The fourth-order valence-corrected chi connectivity index (χ4v) is 3.80. The van der Waals surface area contributed by atoms with Crippen molar-refractivity contribution in [1.82, 2.24) is 10.2 Å². The summed E-state index contributed by atoms with van der Waals surface area (Å²) in [6.07, 6.45) is 2.96. The molecule has 1 saturated heterocycles. The second-order valence-electron chi connectivity index (χ2n) is 6.77. The minimum absolute atomic E-state index is 0.458. The Hall–Kier alpha value is -1.98. The number of alkyl halides is 2. The van der Waals surface area contributed by atoms with Gasteiger partial charge in [-0.3, -0.25) is 9.69 Å². The maximum atomic E-state index is 14.1. The van der Waals surface area contributed by atoms with Crippen molar-refractivity contribution in [2.75, 3.05) is 6.54 Å². The van der Waals surface area contributed by atoms with Crippen LogP contribution in [0.25, 0.3) is 0 Å². The summed E-state index contributed by atoms with van der Waals surface area (Å²) in [4.78, 5) is 25.9. The molecule has 2 aliphatic carbocycles. The van der Waals surface area contributed by atoms with Crippen LogP contribution in [0.1, 0.15) is 36.8 Å². The Bertz CT molecular complexity index is 687. The highest BCUT2D eigenvalue weighted by atomic mass is 19.3. The molecule has 3 aliphatic rings. The van der Waals surface area contributed by atoms with Crippen molar-refractivity contribution in [3.8, 4) is 0 Å². The SMILES string of the molecule is O=C1NC2(CCCc3ccccc32)C(=O)N1CC(F)(F)C1CC1. The number of aryl methyl sites for hydroxylation is 1. The van der Waals surface area contributed by atoms with Gasteiger partial charge in [-0.1, -0.05) is 24.3 Å². The zero-order chi connectivity index (χ0) is 16.2. The molecule has 1 heterocycles. The summed E-state index contributed by atoms with van der Waals surface area (Å²) >= 11 is 0. The van der Waals surface area contributed by atoms with Gasteiger partial charge in [0.15, 0.2) is 0 Å². The minimum Gasteiger partial charge on any atom is -0.319 e. The number of urea groups is 1. The molecule has 1 unspecified atom stereocenters. The van der Waals surface area contributed by atoms with Gasteiger partial charge >= 0.3 is 6.03 Å². The summed E-state index contributed by atoms with van der Waals surface area (Å²) < 4.78 is 28.2. The molecule has 0 radical (unpaired) electrons. The zero-order valence-corrected chi connectivity index (χ0v) is 12.6.